The smallest absolute Gasteiger partial charge is 0.326 e. The number of amides is 1. The predicted octanol–water partition coefficient (Wildman–Crippen LogP) is 1.09. The third-order valence-corrected chi connectivity index (χ3v) is 2.94. The Balaban J connectivity index is 2.12. The fourth-order valence-corrected chi connectivity index (χ4v) is 1.88. The largest absolute Gasteiger partial charge is 0.480 e. The number of aromatic nitrogens is 1. The summed E-state index contributed by atoms with van der Waals surface area (Å²) in [6.07, 6.45) is 1.62. The Morgan fingerprint density at radius 1 is 1.19 bits per heavy atom. The molecule has 2 rings (SSSR count). The number of hydrogen-bond acceptors (Lipinski definition) is 4. The summed E-state index contributed by atoms with van der Waals surface area (Å²) in [5.41, 5.74) is 6.71. The van der Waals surface area contributed by atoms with Crippen LogP contribution in [0.4, 0.5) is 5.69 Å². The standard InChI is InChI=1S/C15H15N3O3/c16-11-7-4-8-17-13(11)14(19)18-12(15(20)21)9-10-5-2-1-3-6-10/h1-8,12H,9,16H2,(H,18,19)(H,20,21)/t12-/m1/s1. The minimum atomic E-state index is -1.11. The Kier molecular flexibility index (Phi) is 4.50. The Morgan fingerprint density at radius 2 is 1.90 bits per heavy atom. The van der Waals surface area contributed by atoms with Crippen LogP contribution in [-0.4, -0.2) is 28.0 Å². The van der Waals surface area contributed by atoms with E-state index in [1.54, 1.807) is 18.2 Å². The first-order valence-corrected chi connectivity index (χ1v) is 6.36. The van der Waals surface area contributed by atoms with E-state index in [1.807, 2.05) is 18.2 Å². The van der Waals surface area contributed by atoms with Crippen LogP contribution in [-0.2, 0) is 11.2 Å². The van der Waals surface area contributed by atoms with Crippen molar-refractivity contribution in [1.29, 1.82) is 0 Å². The van der Waals surface area contributed by atoms with Gasteiger partial charge in [0.15, 0.2) is 5.69 Å². The molecule has 21 heavy (non-hydrogen) atoms. The van der Waals surface area contributed by atoms with Crippen molar-refractivity contribution < 1.29 is 14.7 Å². The minimum Gasteiger partial charge on any atom is -0.480 e. The van der Waals surface area contributed by atoms with Gasteiger partial charge >= 0.3 is 5.97 Å². The fourth-order valence-electron chi connectivity index (χ4n) is 1.88. The van der Waals surface area contributed by atoms with Crippen molar-refractivity contribution in [3.63, 3.8) is 0 Å². The van der Waals surface area contributed by atoms with Crippen LogP contribution in [0.1, 0.15) is 16.1 Å². The molecule has 0 saturated carbocycles. The maximum absolute atomic E-state index is 12.1. The number of nitrogens with two attached hydrogens (primary N) is 1. The molecule has 1 amide bonds. The predicted molar refractivity (Wildman–Crippen MR) is 77.7 cm³/mol. The summed E-state index contributed by atoms with van der Waals surface area (Å²) in [6, 6.07) is 11.2. The second kappa shape index (κ2) is 6.51. The minimum absolute atomic E-state index is 0.0248. The third kappa shape index (κ3) is 3.79. The molecule has 0 fully saturated rings. The number of nitrogens with zero attached hydrogens (tertiary/aromatic N) is 1. The summed E-state index contributed by atoms with van der Waals surface area (Å²) >= 11 is 0. The average molecular weight is 285 g/mol. The number of aliphatic carboxylic acids is 1. The molecule has 0 spiro atoms. The van der Waals surface area contributed by atoms with Gasteiger partial charge in [-0.25, -0.2) is 9.78 Å². The van der Waals surface area contributed by atoms with Crippen molar-refractivity contribution in [2.45, 2.75) is 12.5 Å². The number of carboxylic acid groups (broad SMARTS) is 1. The van der Waals surface area contributed by atoms with E-state index in [9.17, 15) is 14.7 Å². The molecule has 2 aromatic rings. The van der Waals surface area contributed by atoms with Gasteiger partial charge in [-0.2, -0.15) is 0 Å². The van der Waals surface area contributed by atoms with E-state index in [-0.39, 0.29) is 17.8 Å². The summed E-state index contributed by atoms with van der Waals surface area (Å²) < 4.78 is 0. The molecule has 1 aromatic carbocycles. The molecule has 1 atom stereocenters. The number of pyridine rings is 1. The first kappa shape index (κ1) is 14.5. The van der Waals surface area contributed by atoms with Gasteiger partial charge in [-0.05, 0) is 17.7 Å². The molecule has 1 heterocycles. The lowest BCUT2D eigenvalue weighted by Gasteiger charge is -2.15. The van der Waals surface area contributed by atoms with Crippen LogP contribution < -0.4 is 11.1 Å². The molecule has 6 nitrogen and oxygen atoms in total. The zero-order chi connectivity index (χ0) is 15.2. The van der Waals surface area contributed by atoms with Gasteiger partial charge in [0.1, 0.15) is 6.04 Å². The van der Waals surface area contributed by atoms with E-state index in [4.69, 9.17) is 5.73 Å². The van der Waals surface area contributed by atoms with E-state index in [0.29, 0.717) is 0 Å². The van der Waals surface area contributed by atoms with Crippen molar-refractivity contribution in [2.75, 3.05) is 5.73 Å². The highest BCUT2D eigenvalue weighted by atomic mass is 16.4. The van der Waals surface area contributed by atoms with Crippen LogP contribution in [0.3, 0.4) is 0 Å². The molecule has 0 radical (unpaired) electrons. The second-order valence-electron chi connectivity index (χ2n) is 4.50. The molecule has 0 aliphatic rings. The number of nitrogens with one attached hydrogen (secondary N) is 1. The highest BCUT2D eigenvalue weighted by Crippen LogP contribution is 2.08. The summed E-state index contributed by atoms with van der Waals surface area (Å²) in [6.45, 7) is 0. The lowest BCUT2D eigenvalue weighted by molar-refractivity contribution is -0.139. The molecule has 0 aliphatic heterocycles. The summed E-state index contributed by atoms with van der Waals surface area (Å²) in [5.74, 6) is -1.71. The Bertz CT molecular complexity index is 644. The van der Waals surface area contributed by atoms with E-state index < -0.39 is 17.9 Å². The molecule has 6 heteroatoms. The Hall–Kier alpha value is -2.89. The number of carbonyl (C=O) groups is 2. The lowest BCUT2D eigenvalue weighted by atomic mass is 10.1. The van der Waals surface area contributed by atoms with Crippen LogP contribution in [0, 0.1) is 0 Å². The maximum Gasteiger partial charge on any atom is 0.326 e. The van der Waals surface area contributed by atoms with Gasteiger partial charge < -0.3 is 16.2 Å². The zero-order valence-electron chi connectivity index (χ0n) is 11.2. The highest BCUT2D eigenvalue weighted by Gasteiger charge is 2.22. The number of carbonyl (C=O) groups excluding carboxylic acids is 1. The number of rotatable bonds is 5. The molecule has 108 valence electrons. The first-order valence-electron chi connectivity index (χ1n) is 6.36. The van der Waals surface area contributed by atoms with Gasteiger partial charge in [-0.15, -0.1) is 0 Å². The quantitative estimate of drug-likeness (QED) is 0.762. The molecular formula is C15H15N3O3. The number of nitrogen functional groups attached to an aromatic ring is 1. The van der Waals surface area contributed by atoms with Crippen LogP contribution in [0.15, 0.2) is 48.7 Å². The summed E-state index contributed by atoms with van der Waals surface area (Å²) in [5, 5.41) is 11.7. The number of carboxylic acids is 1. The molecule has 1 aromatic heterocycles. The topological polar surface area (TPSA) is 105 Å². The average Bonchev–Trinajstić information content (AvgIpc) is 2.48. The van der Waals surface area contributed by atoms with E-state index in [2.05, 4.69) is 10.3 Å². The van der Waals surface area contributed by atoms with Crippen molar-refractivity contribution in [1.82, 2.24) is 10.3 Å². The maximum atomic E-state index is 12.1. The molecule has 0 unspecified atom stereocenters. The molecule has 0 saturated heterocycles. The SMILES string of the molecule is Nc1cccnc1C(=O)N[C@H](Cc1ccccc1)C(=O)O. The summed E-state index contributed by atoms with van der Waals surface area (Å²) in [4.78, 5) is 27.2. The van der Waals surface area contributed by atoms with Crippen LogP contribution in [0.25, 0.3) is 0 Å². The van der Waals surface area contributed by atoms with Crippen LogP contribution in [0.2, 0.25) is 0 Å². The number of hydrogen-bond donors (Lipinski definition) is 3. The molecule has 0 bridgehead atoms. The molecular weight excluding hydrogens is 270 g/mol. The zero-order valence-corrected chi connectivity index (χ0v) is 11.2. The normalized spacial score (nSPS) is 11.6. The molecule has 0 aliphatic carbocycles. The van der Waals surface area contributed by atoms with Gasteiger partial charge in [0, 0.05) is 12.6 Å². The summed E-state index contributed by atoms with van der Waals surface area (Å²) in [7, 11) is 0. The monoisotopic (exact) mass is 285 g/mol. The fraction of sp³-hybridized carbons (Fsp3) is 0.133. The second-order valence-corrected chi connectivity index (χ2v) is 4.50. The van der Waals surface area contributed by atoms with Crippen molar-refractivity contribution in [2.24, 2.45) is 0 Å². The van der Waals surface area contributed by atoms with Crippen molar-refractivity contribution in [3.05, 3.63) is 59.9 Å². The number of benzene rings is 1. The lowest BCUT2D eigenvalue weighted by Crippen LogP contribution is -2.42. The van der Waals surface area contributed by atoms with Crippen LogP contribution in [0.5, 0.6) is 0 Å². The van der Waals surface area contributed by atoms with Crippen LogP contribution >= 0.6 is 0 Å². The Morgan fingerprint density at radius 3 is 2.52 bits per heavy atom. The van der Waals surface area contributed by atoms with Crippen molar-refractivity contribution in [3.8, 4) is 0 Å². The van der Waals surface area contributed by atoms with Gasteiger partial charge in [-0.3, -0.25) is 4.79 Å². The van der Waals surface area contributed by atoms with Gasteiger partial charge in [-0.1, -0.05) is 30.3 Å². The van der Waals surface area contributed by atoms with Crippen molar-refractivity contribution >= 4 is 17.6 Å². The van der Waals surface area contributed by atoms with E-state index in [1.165, 1.54) is 12.3 Å². The molecule has 4 N–H and O–H groups in total. The number of anilines is 1. The highest BCUT2D eigenvalue weighted by molar-refractivity contribution is 5.99. The third-order valence-electron chi connectivity index (χ3n) is 2.94. The van der Waals surface area contributed by atoms with Gasteiger partial charge in [0.05, 0.1) is 5.69 Å². The van der Waals surface area contributed by atoms with Gasteiger partial charge in [0.2, 0.25) is 0 Å². The first-order chi connectivity index (χ1) is 10.1. The Labute approximate surface area is 121 Å². The van der Waals surface area contributed by atoms with E-state index >= 15 is 0 Å². The van der Waals surface area contributed by atoms with E-state index in [0.717, 1.165) is 5.56 Å². The van der Waals surface area contributed by atoms with Gasteiger partial charge in [0.25, 0.3) is 5.91 Å².